The standard InChI is InChI=1S/C16H17N3O2.C2H6/c1-12(20)6-4-11-19-16(21)13-7-5-10-18-15(13)14-8-2-3-9-17-14;1-2/h2-3,5,7-10H,4,6,11H2,1H3,(H,19,21);1-2H3. The molecule has 2 rings (SSSR count). The molecule has 1 N–H and O–H groups in total. The lowest BCUT2D eigenvalue weighted by Crippen LogP contribution is -2.25. The van der Waals surface area contributed by atoms with E-state index in [-0.39, 0.29) is 11.7 Å². The first kappa shape index (κ1) is 18.5. The van der Waals surface area contributed by atoms with E-state index in [2.05, 4.69) is 15.3 Å². The Morgan fingerprint density at radius 3 is 2.43 bits per heavy atom. The van der Waals surface area contributed by atoms with Crippen LogP contribution in [0.4, 0.5) is 0 Å². The summed E-state index contributed by atoms with van der Waals surface area (Å²) in [6.45, 7) is 6.01. The molecule has 5 heteroatoms. The predicted molar refractivity (Wildman–Crippen MR) is 91.1 cm³/mol. The zero-order valence-electron chi connectivity index (χ0n) is 13.9. The van der Waals surface area contributed by atoms with Crippen LogP contribution in [0.15, 0.2) is 42.7 Å². The molecule has 2 aromatic heterocycles. The summed E-state index contributed by atoms with van der Waals surface area (Å²) >= 11 is 0. The fourth-order valence-electron chi connectivity index (χ4n) is 1.93. The molecule has 2 aromatic rings. The second kappa shape index (κ2) is 10.2. The van der Waals surface area contributed by atoms with Gasteiger partial charge in [0.05, 0.1) is 11.3 Å². The molecule has 0 aliphatic carbocycles. The number of pyridine rings is 2. The summed E-state index contributed by atoms with van der Waals surface area (Å²) in [6, 6.07) is 8.92. The number of carbonyl (C=O) groups is 2. The van der Waals surface area contributed by atoms with Crippen molar-refractivity contribution in [2.45, 2.75) is 33.6 Å². The molecule has 0 fully saturated rings. The van der Waals surface area contributed by atoms with E-state index < -0.39 is 0 Å². The number of nitrogens with zero attached hydrogens (tertiary/aromatic N) is 2. The van der Waals surface area contributed by atoms with Crippen LogP contribution in [0.3, 0.4) is 0 Å². The highest BCUT2D eigenvalue weighted by molar-refractivity contribution is 5.99. The lowest BCUT2D eigenvalue weighted by atomic mass is 10.1. The highest BCUT2D eigenvalue weighted by Gasteiger charge is 2.13. The first-order valence-corrected chi connectivity index (χ1v) is 7.82. The molecule has 0 radical (unpaired) electrons. The Balaban J connectivity index is 0.00000127. The normalized spacial score (nSPS) is 9.52. The van der Waals surface area contributed by atoms with Gasteiger partial charge < -0.3 is 10.1 Å². The Bertz CT molecular complexity index is 627. The van der Waals surface area contributed by atoms with Crippen molar-refractivity contribution >= 4 is 11.7 Å². The lowest BCUT2D eigenvalue weighted by Gasteiger charge is -2.08. The molecule has 122 valence electrons. The summed E-state index contributed by atoms with van der Waals surface area (Å²) in [7, 11) is 0. The van der Waals surface area contributed by atoms with E-state index in [1.807, 2.05) is 32.0 Å². The molecule has 0 unspecified atom stereocenters. The summed E-state index contributed by atoms with van der Waals surface area (Å²) in [5.74, 6) is -0.0768. The van der Waals surface area contributed by atoms with E-state index in [4.69, 9.17) is 0 Å². The van der Waals surface area contributed by atoms with E-state index in [1.165, 1.54) is 0 Å². The third kappa shape index (κ3) is 5.98. The minimum absolute atomic E-state index is 0.125. The second-order valence-corrected chi connectivity index (χ2v) is 4.68. The third-order valence-electron chi connectivity index (χ3n) is 2.95. The molecule has 2 heterocycles. The third-order valence-corrected chi connectivity index (χ3v) is 2.95. The second-order valence-electron chi connectivity index (χ2n) is 4.68. The molecule has 0 aliphatic heterocycles. The minimum Gasteiger partial charge on any atom is -0.352 e. The molecule has 5 nitrogen and oxygen atoms in total. The molecule has 0 saturated carbocycles. The summed E-state index contributed by atoms with van der Waals surface area (Å²) < 4.78 is 0. The van der Waals surface area contributed by atoms with Crippen LogP contribution in [0.25, 0.3) is 11.4 Å². The van der Waals surface area contributed by atoms with Crippen molar-refractivity contribution in [3.05, 3.63) is 48.3 Å². The number of carbonyl (C=O) groups excluding carboxylic acids is 2. The van der Waals surface area contributed by atoms with Gasteiger partial charge >= 0.3 is 0 Å². The Hall–Kier alpha value is -2.56. The van der Waals surface area contributed by atoms with Crippen molar-refractivity contribution in [2.75, 3.05) is 6.54 Å². The zero-order chi connectivity index (χ0) is 17.1. The maximum atomic E-state index is 12.2. The van der Waals surface area contributed by atoms with Gasteiger partial charge in [-0.15, -0.1) is 0 Å². The predicted octanol–water partition coefficient (Wildman–Crippen LogP) is 3.27. The van der Waals surface area contributed by atoms with Crippen molar-refractivity contribution in [3.8, 4) is 11.4 Å². The molecule has 0 atom stereocenters. The number of hydrogen-bond donors (Lipinski definition) is 1. The molecule has 1 amide bonds. The molecule has 23 heavy (non-hydrogen) atoms. The summed E-state index contributed by atoms with van der Waals surface area (Å²) in [6.07, 6.45) is 4.41. The van der Waals surface area contributed by atoms with Gasteiger partial charge in [-0.3, -0.25) is 14.8 Å². The smallest absolute Gasteiger partial charge is 0.253 e. The van der Waals surface area contributed by atoms with Crippen LogP contribution in [0.2, 0.25) is 0 Å². The fraction of sp³-hybridized carbons (Fsp3) is 0.333. The van der Waals surface area contributed by atoms with Gasteiger partial charge in [0.25, 0.3) is 5.91 Å². The number of Topliss-reactive ketones (excluding diaryl/α,β-unsaturated/α-hetero) is 1. The average molecular weight is 313 g/mol. The summed E-state index contributed by atoms with van der Waals surface area (Å²) in [5, 5.41) is 2.81. The van der Waals surface area contributed by atoms with Crippen LogP contribution in [0.5, 0.6) is 0 Å². The van der Waals surface area contributed by atoms with Gasteiger partial charge in [-0.05, 0) is 37.6 Å². The molecule has 0 saturated heterocycles. The van der Waals surface area contributed by atoms with Gasteiger partial charge in [-0.1, -0.05) is 19.9 Å². The molecular formula is C18H23N3O2. The van der Waals surface area contributed by atoms with Crippen molar-refractivity contribution in [2.24, 2.45) is 0 Å². The fourth-order valence-corrected chi connectivity index (χ4v) is 1.93. The van der Waals surface area contributed by atoms with Crippen LogP contribution in [0, 0.1) is 0 Å². The number of nitrogens with one attached hydrogen (secondary N) is 1. The van der Waals surface area contributed by atoms with Gasteiger partial charge in [-0.2, -0.15) is 0 Å². The van der Waals surface area contributed by atoms with Gasteiger partial charge in [-0.25, -0.2) is 0 Å². The Morgan fingerprint density at radius 2 is 1.78 bits per heavy atom. The highest BCUT2D eigenvalue weighted by atomic mass is 16.1. The largest absolute Gasteiger partial charge is 0.352 e. The SMILES string of the molecule is CC.CC(=O)CCCNC(=O)c1cccnc1-c1ccccn1. The number of hydrogen-bond acceptors (Lipinski definition) is 4. The van der Waals surface area contributed by atoms with Crippen LogP contribution in [0.1, 0.15) is 44.0 Å². The van der Waals surface area contributed by atoms with E-state index >= 15 is 0 Å². The average Bonchev–Trinajstić information content (AvgIpc) is 2.61. The van der Waals surface area contributed by atoms with Crippen molar-refractivity contribution in [3.63, 3.8) is 0 Å². The summed E-state index contributed by atoms with van der Waals surface area (Å²) in [4.78, 5) is 31.6. The Labute approximate surface area is 137 Å². The zero-order valence-corrected chi connectivity index (χ0v) is 13.9. The topological polar surface area (TPSA) is 72.0 Å². The maximum absolute atomic E-state index is 12.2. The first-order chi connectivity index (χ1) is 11.2. The van der Waals surface area contributed by atoms with Crippen molar-refractivity contribution in [1.82, 2.24) is 15.3 Å². The monoisotopic (exact) mass is 313 g/mol. The maximum Gasteiger partial charge on any atom is 0.253 e. The molecule has 0 bridgehead atoms. The van der Waals surface area contributed by atoms with Crippen LogP contribution >= 0.6 is 0 Å². The van der Waals surface area contributed by atoms with Crippen molar-refractivity contribution in [1.29, 1.82) is 0 Å². The minimum atomic E-state index is -0.202. The van der Waals surface area contributed by atoms with E-state index in [1.54, 1.807) is 31.5 Å². The number of ketones is 1. The quantitative estimate of drug-likeness (QED) is 0.831. The number of amides is 1. The van der Waals surface area contributed by atoms with Crippen LogP contribution < -0.4 is 5.32 Å². The van der Waals surface area contributed by atoms with Gasteiger partial charge in [0.2, 0.25) is 0 Å². The summed E-state index contributed by atoms with van der Waals surface area (Å²) in [5.41, 5.74) is 1.70. The van der Waals surface area contributed by atoms with Crippen LogP contribution in [-0.2, 0) is 4.79 Å². The van der Waals surface area contributed by atoms with Crippen molar-refractivity contribution < 1.29 is 9.59 Å². The molecule has 0 aliphatic rings. The molecule has 0 spiro atoms. The lowest BCUT2D eigenvalue weighted by molar-refractivity contribution is -0.117. The van der Waals surface area contributed by atoms with Crippen LogP contribution in [-0.4, -0.2) is 28.2 Å². The number of aromatic nitrogens is 2. The van der Waals surface area contributed by atoms with E-state index in [9.17, 15) is 9.59 Å². The van der Waals surface area contributed by atoms with Gasteiger partial charge in [0.1, 0.15) is 11.5 Å². The van der Waals surface area contributed by atoms with E-state index in [0.717, 1.165) is 0 Å². The molecular weight excluding hydrogens is 290 g/mol. The Kier molecular flexibility index (Phi) is 8.21. The highest BCUT2D eigenvalue weighted by Crippen LogP contribution is 2.18. The first-order valence-electron chi connectivity index (χ1n) is 7.82. The van der Waals surface area contributed by atoms with E-state index in [0.29, 0.717) is 36.3 Å². The number of rotatable bonds is 6. The van der Waals surface area contributed by atoms with Gasteiger partial charge in [0.15, 0.2) is 0 Å². The van der Waals surface area contributed by atoms with Gasteiger partial charge in [0, 0.05) is 25.4 Å². The molecule has 0 aromatic carbocycles. The Morgan fingerprint density at radius 1 is 1.04 bits per heavy atom.